The standard InChI is InChI=1S/C27H28N2O4S/c30-26(25-11-4-5-16-28-25)18-22(17-20-7-2-1-3-8-20)27(31)29-23-12-14-24(15-13-23)34(32,33)19-21-9-6-10-21/h1-5,7-8,11-16,21-22H,6,9-10,17-19H2,(H,29,31)/t22-/m1/s1. The number of rotatable bonds is 10. The van der Waals surface area contributed by atoms with Gasteiger partial charge >= 0.3 is 0 Å². The Kier molecular flexibility index (Phi) is 7.53. The van der Waals surface area contributed by atoms with Crippen LogP contribution in [0.25, 0.3) is 0 Å². The van der Waals surface area contributed by atoms with Gasteiger partial charge in [0.1, 0.15) is 5.69 Å². The third-order valence-electron chi connectivity index (χ3n) is 6.24. The van der Waals surface area contributed by atoms with Gasteiger partial charge in [-0.05, 0) is 67.1 Å². The molecule has 1 atom stereocenters. The maximum atomic E-state index is 13.2. The quantitative estimate of drug-likeness (QED) is 0.427. The van der Waals surface area contributed by atoms with Gasteiger partial charge in [-0.25, -0.2) is 8.42 Å². The number of aromatic nitrogens is 1. The average Bonchev–Trinajstić information content (AvgIpc) is 2.82. The number of hydrogen-bond acceptors (Lipinski definition) is 5. The summed E-state index contributed by atoms with van der Waals surface area (Å²) >= 11 is 0. The molecule has 1 fully saturated rings. The van der Waals surface area contributed by atoms with Crippen LogP contribution in [0.2, 0.25) is 0 Å². The fourth-order valence-electron chi connectivity index (χ4n) is 4.07. The molecule has 1 aliphatic carbocycles. The molecule has 1 N–H and O–H groups in total. The molecular weight excluding hydrogens is 448 g/mol. The van der Waals surface area contributed by atoms with Crippen LogP contribution in [0.1, 0.15) is 41.7 Å². The highest BCUT2D eigenvalue weighted by Gasteiger charge is 2.26. The van der Waals surface area contributed by atoms with Crippen LogP contribution in [0.3, 0.4) is 0 Å². The Labute approximate surface area is 200 Å². The molecule has 0 bridgehead atoms. The zero-order valence-electron chi connectivity index (χ0n) is 18.9. The summed E-state index contributed by atoms with van der Waals surface area (Å²) in [5.41, 5.74) is 1.78. The number of ketones is 1. The van der Waals surface area contributed by atoms with Crippen LogP contribution in [0.5, 0.6) is 0 Å². The number of Topliss-reactive ketones (excluding diaryl/α,β-unsaturated/α-hetero) is 1. The van der Waals surface area contributed by atoms with E-state index < -0.39 is 15.8 Å². The first-order valence-corrected chi connectivity index (χ1v) is 13.2. The van der Waals surface area contributed by atoms with Crippen LogP contribution in [-0.4, -0.2) is 30.8 Å². The first kappa shape index (κ1) is 23.8. The SMILES string of the molecule is O=C(C[C@@H](Cc1ccccc1)C(=O)Nc1ccc(S(=O)(=O)CC2CCC2)cc1)c1ccccn1. The summed E-state index contributed by atoms with van der Waals surface area (Å²) in [5.74, 6) is -0.668. The van der Waals surface area contributed by atoms with Crippen molar-refractivity contribution in [3.63, 3.8) is 0 Å². The maximum Gasteiger partial charge on any atom is 0.228 e. The van der Waals surface area contributed by atoms with Crippen LogP contribution >= 0.6 is 0 Å². The molecule has 0 spiro atoms. The molecule has 1 aromatic heterocycles. The van der Waals surface area contributed by atoms with E-state index in [2.05, 4.69) is 10.3 Å². The Balaban J connectivity index is 1.46. The van der Waals surface area contributed by atoms with Crippen molar-refractivity contribution < 1.29 is 18.0 Å². The van der Waals surface area contributed by atoms with E-state index in [1.807, 2.05) is 30.3 Å². The third-order valence-corrected chi connectivity index (χ3v) is 8.14. The minimum absolute atomic E-state index is 0.0194. The van der Waals surface area contributed by atoms with E-state index >= 15 is 0 Å². The van der Waals surface area contributed by atoms with Gasteiger partial charge in [-0.15, -0.1) is 0 Å². The van der Waals surface area contributed by atoms with Gasteiger partial charge in [-0.2, -0.15) is 0 Å². The first-order chi connectivity index (χ1) is 16.4. The summed E-state index contributed by atoms with van der Waals surface area (Å²) in [6, 6.07) is 20.9. The van der Waals surface area contributed by atoms with E-state index in [-0.39, 0.29) is 34.7 Å². The Morgan fingerprint density at radius 1 is 0.941 bits per heavy atom. The molecule has 6 nitrogen and oxygen atoms in total. The zero-order chi connectivity index (χ0) is 24.0. The van der Waals surface area contributed by atoms with Gasteiger partial charge in [0, 0.05) is 24.2 Å². The van der Waals surface area contributed by atoms with E-state index in [1.54, 1.807) is 36.5 Å². The van der Waals surface area contributed by atoms with Crippen molar-refractivity contribution in [2.24, 2.45) is 11.8 Å². The van der Waals surface area contributed by atoms with Crippen LogP contribution in [0.4, 0.5) is 5.69 Å². The number of amides is 1. The smallest absolute Gasteiger partial charge is 0.228 e. The average molecular weight is 477 g/mol. The topological polar surface area (TPSA) is 93.2 Å². The summed E-state index contributed by atoms with van der Waals surface area (Å²) in [4.78, 5) is 30.3. The largest absolute Gasteiger partial charge is 0.326 e. The molecule has 0 unspecified atom stereocenters. The summed E-state index contributed by atoms with van der Waals surface area (Å²) in [7, 11) is -3.33. The molecule has 176 valence electrons. The molecule has 1 heterocycles. The molecule has 0 radical (unpaired) electrons. The van der Waals surface area contributed by atoms with E-state index in [4.69, 9.17) is 0 Å². The molecule has 4 rings (SSSR count). The first-order valence-electron chi connectivity index (χ1n) is 11.5. The summed E-state index contributed by atoms with van der Waals surface area (Å²) < 4.78 is 25.2. The molecule has 0 aliphatic heterocycles. The second-order valence-electron chi connectivity index (χ2n) is 8.82. The van der Waals surface area contributed by atoms with Crippen molar-refractivity contribution in [1.29, 1.82) is 0 Å². The normalized spacial score (nSPS) is 14.7. The fraction of sp³-hybridized carbons (Fsp3) is 0.296. The van der Waals surface area contributed by atoms with E-state index in [1.165, 1.54) is 12.1 Å². The van der Waals surface area contributed by atoms with Gasteiger partial charge in [-0.3, -0.25) is 14.6 Å². The highest BCUT2D eigenvalue weighted by atomic mass is 32.2. The van der Waals surface area contributed by atoms with Crippen molar-refractivity contribution in [3.8, 4) is 0 Å². The second-order valence-corrected chi connectivity index (χ2v) is 10.9. The Bertz CT molecular complexity index is 1220. The van der Waals surface area contributed by atoms with Crippen molar-refractivity contribution >= 4 is 27.2 Å². The lowest BCUT2D eigenvalue weighted by atomic mass is 9.87. The fourth-order valence-corrected chi connectivity index (χ4v) is 5.77. The Hall–Kier alpha value is -3.32. The number of carbonyl (C=O) groups is 2. The number of sulfone groups is 1. The molecule has 1 amide bonds. The van der Waals surface area contributed by atoms with E-state index in [0.29, 0.717) is 17.8 Å². The van der Waals surface area contributed by atoms with Crippen molar-refractivity contribution in [2.75, 3.05) is 11.1 Å². The number of carbonyl (C=O) groups excluding carboxylic acids is 2. The van der Waals surface area contributed by atoms with Crippen molar-refractivity contribution in [2.45, 2.75) is 37.0 Å². The number of nitrogens with one attached hydrogen (secondary N) is 1. The molecule has 1 aliphatic rings. The minimum atomic E-state index is -3.33. The van der Waals surface area contributed by atoms with Gasteiger partial charge in [-0.1, -0.05) is 42.8 Å². The molecule has 2 aromatic carbocycles. The molecule has 3 aromatic rings. The van der Waals surface area contributed by atoms with Crippen LogP contribution < -0.4 is 5.32 Å². The summed E-state index contributed by atoms with van der Waals surface area (Å²) in [6.45, 7) is 0. The van der Waals surface area contributed by atoms with Gasteiger partial charge < -0.3 is 5.32 Å². The molecule has 34 heavy (non-hydrogen) atoms. The lowest BCUT2D eigenvalue weighted by molar-refractivity contribution is -0.119. The number of hydrogen-bond donors (Lipinski definition) is 1. The number of anilines is 1. The molecule has 7 heteroatoms. The number of benzene rings is 2. The van der Waals surface area contributed by atoms with Gasteiger partial charge in [0.25, 0.3) is 0 Å². The lowest BCUT2D eigenvalue weighted by Gasteiger charge is -2.24. The summed E-state index contributed by atoms with van der Waals surface area (Å²) in [5, 5.41) is 2.85. The monoisotopic (exact) mass is 476 g/mol. The highest BCUT2D eigenvalue weighted by molar-refractivity contribution is 7.91. The highest BCUT2D eigenvalue weighted by Crippen LogP contribution is 2.30. The predicted octanol–water partition coefficient (Wildman–Crippen LogP) is 4.73. The third kappa shape index (κ3) is 6.17. The van der Waals surface area contributed by atoms with Crippen molar-refractivity contribution in [1.82, 2.24) is 4.98 Å². The Morgan fingerprint density at radius 2 is 1.65 bits per heavy atom. The Morgan fingerprint density at radius 3 is 2.26 bits per heavy atom. The predicted molar refractivity (Wildman–Crippen MR) is 131 cm³/mol. The molecule has 0 saturated heterocycles. The molecular formula is C27H28N2O4S. The van der Waals surface area contributed by atoms with Crippen molar-refractivity contribution in [3.05, 3.63) is 90.3 Å². The molecule has 1 saturated carbocycles. The van der Waals surface area contributed by atoms with E-state index in [9.17, 15) is 18.0 Å². The van der Waals surface area contributed by atoms with Crippen LogP contribution in [-0.2, 0) is 21.1 Å². The number of pyridine rings is 1. The lowest BCUT2D eigenvalue weighted by Crippen LogP contribution is -2.27. The zero-order valence-corrected chi connectivity index (χ0v) is 19.7. The van der Waals surface area contributed by atoms with Crippen LogP contribution in [0.15, 0.2) is 83.9 Å². The van der Waals surface area contributed by atoms with Gasteiger partial charge in [0.05, 0.1) is 10.6 Å². The van der Waals surface area contributed by atoms with E-state index in [0.717, 1.165) is 24.8 Å². The second kappa shape index (κ2) is 10.7. The van der Waals surface area contributed by atoms with Crippen LogP contribution in [0, 0.1) is 11.8 Å². The number of nitrogens with zero attached hydrogens (tertiary/aromatic N) is 1. The minimum Gasteiger partial charge on any atom is -0.326 e. The summed E-state index contributed by atoms with van der Waals surface area (Å²) in [6.07, 6.45) is 5.00. The van der Waals surface area contributed by atoms with Gasteiger partial charge in [0.15, 0.2) is 15.6 Å². The van der Waals surface area contributed by atoms with Gasteiger partial charge in [0.2, 0.25) is 5.91 Å². The maximum absolute atomic E-state index is 13.2.